The van der Waals surface area contributed by atoms with Crippen LogP contribution in [0.15, 0.2) is 42.5 Å². The topological polar surface area (TPSA) is 66.8 Å². The van der Waals surface area contributed by atoms with E-state index >= 15 is 0 Å². The second-order valence-electron chi connectivity index (χ2n) is 5.70. The first-order chi connectivity index (χ1) is 11.2. The van der Waals surface area contributed by atoms with Gasteiger partial charge in [-0.2, -0.15) is 0 Å². The number of amides is 1. The van der Waals surface area contributed by atoms with Crippen LogP contribution in [0.25, 0.3) is 10.8 Å². The van der Waals surface area contributed by atoms with Gasteiger partial charge in [-0.3, -0.25) is 4.79 Å². The maximum absolute atomic E-state index is 12.4. The molecule has 0 saturated carbocycles. The number of carboxylic acids is 1. The molecule has 1 saturated heterocycles. The molecule has 1 aliphatic heterocycles. The number of rotatable bonds is 4. The first-order valence-corrected chi connectivity index (χ1v) is 7.79. The Morgan fingerprint density at radius 1 is 1.13 bits per heavy atom. The number of benzene rings is 2. The van der Waals surface area contributed by atoms with E-state index in [1.54, 1.807) is 0 Å². The van der Waals surface area contributed by atoms with Gasteiger partial charge in [0.1, 0.15) is 11.8 Å². The summed E-state index contributed by atoms with van der Waals surface area (Å²) >= 11 is 0. The molecule has 5 nitrogen and oxygen atoms in total. The molecule has 0 bridgehead atoms. The van der Waals surface area contributed by atoms with Crippen LogP contribution in [0.2, 0.25) is 0 Å². The smallest absolute Gasteiger partial charge is 0.326 e. The zero-order valence-corrected chi connectivity index (χ0v) is 12.8. The number of piperidine rings is 1. The Morgan fingerprint density at radius 3 is 2.74 bits per heavy atom. The molecule has 0 unspecified atom stereocenters. The Kier molecular flexibility index (Phi) is 4.46. The van der Waals surface area contributed by atoms with Crippen molar-refractivity contribution in [3.8, 4) is 5.75 Å². The summed E-state index contributed by atoms with van der Waals surface area (Å²) in [5, 5.41) is 11.2. The summed E-state index contributed by atoms with van der Waals surface area (Å²) in [6, 6.07) is 12.7. The lowest BCUT2D eigenvalue weighted by molar-refractivity contribution is -0.152. The molecule has 3 rings (SSSR count). The second-order valence-corrected chi connectivity index (χ2v) is 5.70. The summed E-state index contributed by atoms with van der Waals surface area (Å²) in [6.07, 6.45) is 2.18. The van der Waals surface area contributed by atoms with Gasteiger partial charge in [0.25, 0.3) is 5.91 Å². The Morgan fingerprint density at radius 2 is 1.91 bits per heavy atom. The summed E-state index contributed by atoms with van der Waals surface area (Å²) < 4.78 is 5.68. The van der Waals surface area contributed by atoms with Gasteiger partial charge in [0.05, 0.1) is 0 Å². The van der Waals surface area contributed by atoms with Crippen molar-refractivity contribution in [2.75, 3.05) is 13.2 Å². The standard InChI is InChI=1S/C18H19NO4/c20-17(19-11-4-3-9-15(19)18(21)22)12-23-16-10-5-7-13-6-1-2-8-14(13)16/h1-2,5-8,10,15H,3-4,9,11-12H2,(H,21,22)/t15-/m1/s1. The van der Waals surface area contributed by atoms with Crippen LogP contribution in [0.5, 0.6) is 5.75 Å². The van der Waals surface area contributed by atoms with Crippen LogP contribution in [0.4, 0.5) is 0 Å². The van der Waals surface area contributed by atoms with E-state index in [0.717, 1.165) is 23.6 Å². The highest BCUT2D eigenvalue weighted by molar-refractivity contribution is 5.89. The fraction of sp³-hybridized carbons (Fsp3) is 0.333. The van der Waals surface area contributed by atoms with Crippen LogP contribution in [0, 0.1) is 0 Å². The molecule has 1 heterocycles. The van der Waals surface area contributed by atoms with E-state index in [-0.39, 0.29) is 12.5 Å². The highest BCUT2D eigenvalue weighted by Gasteiger charge is 2.31. The number of likely N-dealkylation sites (tertiary alicyclic amines) is 1. The van der Waals surface area contributed by atoms with Crippen molar-refractivity contribution in [2.45, 2.75) is 25.3 Å². The van der Waals surface area contributed by atoms with Gasteiger partial charge in [0.15, 0.2) is 6.61 Å². The lowest BCUT2D eigenvalue weighted by atomic mass is 10.0. The van der Waals surface area contributed by atoms with E-state index in [0.29, 0.717) is 18.7 Å². The number of hydrogen-bond donors (Lipinski definition) is 1. The molecule has 0 aliphatic carbocycles. The van der Waals surface area contributed by atoms with Crippen LogP contribution >= 0.6 is 0 Å². The molecule has 2 aromatic rings. The first-order valence-electron chi connectivity index (χ1n) is 7.79. The zero-order chi connectivity index (χ0) is 16.2. The summed E-state index contributed by atoms with van der Waals surface area (Å²) in [6.45, 7) is 0.340. The van der Waals surface area contributed by atoms with Crippen LogP contribution in [-0.4, -0.2) is 41.1 Å². The maximum Gasteiger partial charge on any atom is 0.326 e. The highest BCUT2D eigenvalue weighted by atomic mass is 16.5. The van der Waals surface area contributed by atoms with E-state index in [1.165, 1.54) is 4.90 Å². The molecule has 2 aromatic carbocycles. The van der Waals surface area contributed by atoms with E-state index in [9.17, 15) is 14.7 Å². The summed E-state index contributed by atoms with van der Waals surface area (Å²) in [4.78, 5) is 25.1. The van der Waals surface area contributed by atoms with Crippen LogP contribution in [0.1, 0.15) is 19.3 Å². The molecule has 1 atom stereocenters. The van der Waals surface area contributed by atoms with Crippen molar-refractivity contribution in [1.29, 1.82) is 0 Å². The van der Waals surface area contributed by atoms with Crippen LogP contribution in [0.3, 0.4) is 0 Å². The minimum absolute atomic E-state index is 0.141. The molecule has 5 heteroatoms. The third kappa shape index (κ3) is 3.28. The first kappa shape index (κ1) is 15.3. The molecule has 1 aliphatic rings. The van der Waals surface area contributed by atoms with Gasteiger partial charge < -0.3 is 14.7 Å². The van der Waals surface area contributed by atoms with Gasteiger partial charge in [-0.25, -0.2) is 4.79 Å². The highest BCUT2D eigenvalue weighted by Crippen LogP contribution is 2.25. The van der Waals surface area contributed by atoms with Crippen LogP contribution in [-0.2, 0) is 9.59 Å². The Balaban J connectivity index is 1.71. The van der Waals surface area contributed by atoms with Crippen molar-refractivity contribution in [3.63, 3.8) is 0 Å². The number of hydrogen-bond acceptors (Lipinski definition) is 3. The number of fused-ring (bicyclic) bond motifs is 1. The molecule has 0 spiro atoms. The minimum Gasteiger partial charge on any atom is -0.483 e. The quantitative estimate of drug-likeness (QED) is 0.942. The number of carbonyl (C=O) groups excluding carboxylic acids is 1. The molecule has 0 aromatic heterocycles. The van der Waals surface area contributed by atoms with Crippen molar-refractivity contribution >= 4 is 22.6 Å². The lowest BCUT2D eigenvalue weighted by Crippen LogP contribution is -2.49. The second kappa shape index (κ2) is 6.69. The fourth-order valence-electron chi connectivity index (χ4n) is 3.03. The van der Waals surface area contributed by atoms with Crippen molar-refractivity contribution in [3.05, 3.63) is 42.5 Å². The van der Waals surface area contributed by atoms with E-state index in [4.69, 9.17) is 4.74 Å². The molecular formula is C18H19NO4. The molecule has 1 fully saturated rings. The SMILES string of the molecule is O=C(O)[C@H]1CCCCN1C(=O)COc1cccc2ccccc12. The predicted molar refractivity (Wildman–Crippen MR) is 86.4 cm³/mol. The van der Waals surface area contributed by atoms with Gasteiger partial charge in [-0.15, -0.1) is 0 Å². The van der Waals surface area contributed by atoms with Crippen molar-refractivity contribution in [2.24, 2.45) is 0 Å². The Bertz CT molecular complexity index is 723. The monoisotopic (exact) mass is 313 g/mol. The van der Waals surface area contributed by atoms with Gasteiger partial charge in [0.2, 0.25) is 0 Å². The Hall–Kier alpha value is -2.56. The maximum atomic E-state index is 12.4. The minimum atomic E-state index is -0.941. The average molecular weight is 313 g/mol. The average Bonchev–Trinajstić information content (AvgIpc) is 2.59. The van der Waals surface area contributed by atoms with Gasteiger partial charge in [-0.1, -0.05) is 36.4 Å². The summed E-state index contributed by atoms with van der Waals surface area (Å²) in [5.74, 6) is -0.575. The molecule has 23 heavy (non-hydrogen) atoms. The third-order valence-corrected chi connectivity index (χ3v) is 4.21. The third-order valence-electron chi connectivity index (χ3n) is 4.21. The molecule has 120 valence electrons. The van der Waals surface area contributed by atoms with E-state index in [1.807, 2.05) is 42.5 Å². The molecule has 1 N–H and O–H groups in total. The number of carbonyl (C=O) groups is 2. The normalized spacial score (nSPS) is 17.9. The zero-order valence-electron chi connectivity index (χ0n) is 12.8. The van der Waals surface area contributed by atoms with Gasteiger partial charge in [0, 0.05) is 11.9 Å². The molecule has 0 radical (unpaired) electrons. The lowest BCUT2D eigenvalue weighted by Gasteiger charge is -2.32. The fourth-order valence-corrected chi connectivity index (χ4v) is 3.03. The van der Waals surface area contributed by atoms with Crippen LogP contribution < -0.4 is 4.74 Å². The van der Waals surface area contributed by atoms with Gasteiger partial charge >= 0.3 is 5.97 Å². The number of aliphatic carboxylic acids is 1. The molecule has 1 amide bonds. The van der Waals surface area contributed by atoms with Crippen molar-refractivity contribution < 1.29 is 19.4 Å². The van der Waals surface area contributed by atoms with Gasteiger partial charge in [-0.05, 0) is 30.7 Å². The summed E-state index contributed by atoms with van der Waals surface area (Å²) in [5.41, 5.74) is 0. The van der Waals surface area contributed by atoms with E-state index < -0.39 is 12.0 Å². The largest absolute Gasteiger partial charge is 0.483 e. The Labute approximate surface area is 134 Å². The van der Waals surface area contributed by atoms with Crippen molar-refractivity contribution in [1.82, 2.24) is 4.90 Å². The predicted octanol–water partition coefficient (Wildman–Crippen LogP) is 2.68. The number of ether oxygens (including phenoxy) is 1. The number of carboxylic acid groups (broad SMARTS) is 1. The molecular weight excluding hydrogens is 294 g/mol. The summed E-state index contributed by atoms with van der Waals surface area (Å²) in [7, 11) is 0. The number of nitrogens with zero attached hydrogens (tertiary/aromatic N) is 1. The van der Waals surface area contributed by atoms with E-state index in [2.05, 4.69) is 0 Å².